The van der Waals surface area contributed by atoms with Crippen LogP contribution in [-0.4, -0.2) is 132 Å². The number of piperazine rings is 1. The van der Waals surface area contributed by atoms with Crippen LogP contribution in [0.4, 0.5) is 22.7 Å². The minimum Gasteiger partial charge on any atom is -0.494 e. The van der Waals surface area contributed by atoms with Crippen molar-refractivity contribution in [3.63, 3.8) is 0 Å². The molecule has 5 N–H and O–H groups in total. The number of benzene rings is 3. The summed E-state index contributed by atoms with van der Waals surface area (Å²) in [5.74, 6) is -0.0791. The number of ether oxygens (including phenoxy) is 1. The highest BCUT2D eigenvalue weighted by atomic mass is 32.1. The summed E-state index contributed by atoms with van der Waals surface area (Å²) < 4.78 is 5.83. The van der Waals surface area contributed by atoms with Gasteiger partial charge in [0.25, 0.3) is 5.91 Å². The lowest BCUT2D eigenvalue weighted by Gasteiger charge is -2.36. The monoisotopic (exact) mass is 1140 g/mol. The van der Waals surface area contributed by atoms with Crippen LogP contribution >= 0.6 is 11.3 Å². The number of hydrogen-bond acceptors (Lipinski definition) is 14. The van der Waals surface area contributed by atoms with E-state index in [-0.39, 0.29) is 60.9 Å². The van der Waals surface area contributed by atoms with Gasteiger partial charge in [0.1, 0.15) is 23.7 Å². The number of hydrogen-bond donors (Lipinski definition) is 5. The first-order valence-electron chi connectivity index (χ1n) is 28.6. The molecular formula is C62H79N11O8S. The van der Waals surface area contributed by atoms with Crippen molar-refractivity contribution < 1.29 is 38.6 Å². The number of anilines is 4. The van der Waals surface area contributed by atoms with E-state index in [4.69, 9.17) is 14.7 Å². The topological polar surface area (TPSA) is 231 Å². The van der Waals surface area contributed by atoms with Gasteiger partial charge >= 0.3 is 0 Å². The number of fused-ring (bicyclic) bond motifs is 1. The van der Waals surface area contributed by atoms with Crippen LogP contribution in [0.1, 0.15) is 110 Å². The maximum atomic E-state index is 14.1. The number of carbonyl (C=O) groups excluding carboxylic acids is 6. The van der Waals surface area contributed by atoms with Gasteiger partial charge in [-0.05, 0) is 79.6 Å². The predicted molar refractivity (Wildman–Crippen MR) is 323 cm³/mol. The number of amides is 6. The molecular weight excluding hydrogens is 1060 g/mol. The molecule has 1 unspecified atom stereocenters. The molecule has 436 valence electrons. The van der Waals surface area contributed by atoms with Crippen LogP contribution in [0.2, 0.25) is 0 Å². The third-order valence-electron chi connectivity index (χ3n) is 15.5. The molecule has 0 aliphatic carbocycles. The summed E-state index contributed by atoms with van der Waals surface area (Å²) in [5, 5.41) is 22.6. The molecule has 4 atom stereocenters. The second-order valence-corrected chi connectivity index (χ2v) is 23.5. The number of β-amino-alcohol motifs (C(OH)–C–C–N with tert-alkyl or cyclic N) is 1. The van der Waals surface area contributed by atoms with Crippen LogP contribution in [0.3, 0.4) is 0 Å². The number of guanidine groups is 1. The predicted octanol–water partition coefficient (Wildman–Crippen LogP) is 8.40. The third kappa shape index (κ3) is 15.4. The van der Waals surface area contributed by atoms with Gasteiger partial charge in [-0.1, -0.05) is 102 Å². The number of carbonyl (C=O) groups is 6. The van der Waals surface area contributed by atoms with Gasteiger partial charge in [-0.25, -0.2) is 9.98 Å². The van der Waals surface area contributed by atoms with Crippen LogP contribution in [0.15, 0.2) is 107 Å². The molecule has 4 aliphatic rings. The van der Waals surface area contributed by atoms with Gasteiger partial charge in [0.15, 0.2) is 0 Å². The molecule has 2 saturated heterocycles. The molecule has 6 amide bonds. The molecule has 3 aromatic carbocycles. The van der Waals surface area contributed by atoms with Gasteiger partial charge in [0.2, 0.25) is 35.5 Å². The number of aliphatic imine (C=N–C) groups is 2. The van der Waals surface area contributed by atoms with Crippen molar-refractivity contribution in [1.82, 2.24) is 25.4 Å². The van der Waals surface area contributed by atoms with Crippen molar-refractivity contribution in [2.45, 2.75) is 130 Å². The highest BCUT2D eigenvalue weighted by Gasteiger charge is 2.44. The number of aryl methyl sites for hydroxylation is 1. The molecule has 4 aromatic rings. The highest BCUT2D eigenvalue weighted by molar-refractivity contribution is 7.13. The highest BCUT2D eigenvalue weighted by Crippen LogP contribution is 2.35. The quantitative estimate of drug-likeness (QED) is 0.0350. The Labute approximate surface area is 485 Å². The molecule has 19 nitrogen and oxygen atoms in total. The first-order chi connectivity index (χ1) is 39.4. The zero-order chi connectivity index (χ0) is 58.5. The van der Waals surface area contributed by atoms with Crippen LogP contribution in [-0.2, 0) is 35.3 Å². The van der Waals surface area contributed by atoms with Crippen molar-refractivity contribution in [2.75, 3.05) is 66.8 Å². The Morgan fingerprint density at radius 3 is 2.27 bits per heavy atom. The molecule has 5 heterocycles. The smallest absolute Gasteiger partial charge is 0.256 e. The molecule has 20 heteroatoms. The summed E-state index contributed by atoms with van der Waals surface area (Å²) in [6.07, 6.45) is 10.4. The van der Waals surface area contributed by atoms with Crippen molar-refractivity contribution >= 4 is 81.3 Å². The van der Waals surface area contributed by atoms with Gasteiger partial charge in [0.05, 0.1) is 53.1 Å². The Morgan fingerprint density at radius 1 is 0.890 bits per heavy atom. The van der Waals surface area contributed by atoms with E-state index in [0.29, 0.717) is 86.6 Å². The maximum absolute atomic E-state index is 14.1. The van der Waals surface area contributed by atoms with Gasteiger partial charge in [-0.3, -0.25) is 33.7 Å². The number of nitrogens with zero attached hydrogens (tertiary/aromatic N) is 7. The van der Waals surface area contributed by atoms with E-state index in [1.54, 1.807) is 53.7 Å². The zero-order valence-electron chi connectivity index (χ0n) is 48.2. The SMILES string of the molecule is C=CC(=O)Nc1cccc(N2C(=O)C=C(C)C3CN=C(Nc4ccc(N5CCN(C(=O)CCCCCCCCCCC(=O)N[C@H](C(=O)N6C[C@H](O)C[C@H]6C(=O)NCc6ccc(-c7scnc7C)cc6)C(C)(C)C)CC5)cc4OC)N=C32)c1. The first kappa shape index (κ1) is 60.4. The first-order valence-corrected chi connectivity index (χ1v) is 29.5. The second-order valence-electron chi connectivity index (χ2n) is 22.6. The number of unbranched alkanes of at least 4 members (excludes halogenated alkanes) is 7. The van der Waals surface area contributed by atoms with E-state index in [0.717, 1.165) is 77.9 Å². The normalized spacial score (nSPS) is 18.4. The number of aliphatic hydroxyl groups excluding tert-OH is 1. The largest absolute Gasteiger partial charge is 0.494 e. The Bertz CT molecular complexity index is 3070. The molecule has 0 spiro atoms. The van der Waals surface area contributed by atoms with Gasteiger partial charge in [-0.15, -0.1) is 11.3 Å². The minimum absolute atomic E-state index is 0.0221. The van der Waals surface area contributed by atoms with Crippen molar-refractivity contribution in [2.24, 2.45) is 21.3 Å². The Hall–Kier alpha value is -7.71. The van der Waals surface area contributed by atoms with Crippen LogP contribution in [0.25, 0.3) is 10.4 Å². The summed E-state index contributed by atoms with van der Waals surface area (Å²) in [5.41, 5.74) is 7.71. The number of amidine groups is 1. The van der Waals surface area contributed by atoms with Gasteiger partial charge < -0.3 is 45.8 Å². The van der Waals surface area contributed by atoms with Crippen molar-refractivity contribution in [3.05, 3.63) is 108 Å². The second kappa shape index (κ2) is 27.8. The number of likely N-dealkylation sites (tertiary alicyclic amines) is 1. The average molecular weight is 1140 g/mol. The molecule has 82 heavy (non-hydrogen) atoms. The number of aromatic nitrogens is 1. The van der Waals surface area contributed by atoms with Gasteiger partial charge in [0, 0.05) is 82.0 Å². The fourth-order valence-electron chi connectivity index (χ4n) is 10.9. The molecule has 4 aliphatic heterocycles. The fraction of sp³-hybridized carbons (Fsp3) is 0.468. The number of thiazole rings is 1. The van der Waals surface area contributed by atoms with Crippen LogP contribution < -0.4 is 35.8 Å². The lowest BCUT2D eigenvalue weighted by molar-refractivity contribution is -0.144. The number of rotatable bonds is 23. The Kier molecular flexibility index (Phi) is 20.5. The number of aliphatic hydroxyl groups is 1. The van der Waals surface area contributed by atoms with E-state index < -0.39 is 23.6 Å². The van der Waals surface area contributed by atoms with Crippen LogP contribution in [0, 0.1) is 18.3 Å². The zero-order valence-corrected chi connectivity index (χ0v) is 49.0. The molecule has 0 radical (unpaired) electrons. The lowest BCUT2D eigenvalue weighted by atomic mass is 9.85. The molecule has 1 aromatic heterocycles. The molecule has 0 saturated carbocycles. The van der Waals surface area contributed by atoms with Crippen molar-refractivity contribution in [3.8, 4) is 16.2 Å². The average Bonchev–Trinajstić information content (AvgIpc) is 4.23. The van der Waals surface area contributed by atoms with Crippen LogP contribution in [0.5, 0.6) is 5.75 Å². The maximum Gasteiger partial charge on any atom is 0.256 e. The van der Waals surface area contributed by atoms with Gasteiger partial charge in [-0.2, -0.15) is 4.99 Å². The summed E-state index contributed by atoms with van der Waals surface area (Å²) in [6.45, 7) is 16.4. The van der Waals surface area contributed by atoms with Crippen molar-refractivity contribution in [1.29, 1.82) is 0 Å². The third-order valence-corrected chi connectivity index (χ3v) is 16.5. The summed E-state index contributed by atoms with van der Waals surface area (Å²) >= 11 is 1.58. The number of nitrogens with one attached hydrogen (secondary N) is 4. The molecule has 2 fully saturated rings. The fourth-order valence-corrected chi connectivity index (χ4v) is 11.7. The van der Waals surface area contributed by atoms with E-state index >= 15 is 0 Å². The van der Waals surface area contributed by atoms with E-state index in [1.165, 1.54) is 11.0 Å². The van der Waals surface area contributed by atoms with E-state index in [2.05, 4.69) is 37.7 Å². The minimum atomic E-state index is -0.865. The molecule has 8 rings (SSSR count). The number of methoxy groups -OCH3 is 1. The standard InChI is InChI=1S/C62H79N11O8S/c1-8-52(75)66-44-18-17-19-46(33-44)73-55(78)32-40(2)48-37-64-61(69-58(48)73)67-49-27-26-45(34-51(49)81-7)70-28-30-71(31-29-70)54(77)21-16-14-12-10-9-11-13-15-20-53(76)68-57(62(4,5)6)60(80)72-38-47(74)35-50(72)59(79)63-36-42-22-24-43(25-23-42)56-41(3)65-39-82-56/h8,17-19,22-27,32-34,39,47-48,50,57,74H,1,9-16,20-21,28-31,35-38H2,2-7H3,(H,63,79)(H,64,67)(H,66,75)(H,68,76)/t47-,48?,50+,57-/m1/s1. The summed E-state index contributed by atoms with van der Waals surface area (Å²) in [4.78, 5) is 102. The summed E-state index contributed by atoms with van der Waals surface area (Å²) in [7, 11) is 1.61. The van der Waals surface area contributed by atoms with E-state index in [1.807, 2.05) is 87.5 Å². The molecule has 0 bridgehead atoms. The Morgan fingerprint density at radius 2 is 1.60 bits per heavy atom. The Balaban J connectivity index is 0.704. The lowest BCUT2D eigenvalue weighted by Crippen LogP contribution is -2.57. The van der Waals surface area contributed by atoms with E-state index in [9.17, 15) is 33.9 Å². The summed E-state index contributed by atoms with van der Waals surface area (Å²) in [6, 6.07) is 19.1.